The molecule has 0 spiro atoms. The quantitative estimate of drug-likeness (QED) is 0.413. The van der Waals surface area contributed by atoms with Crippen molar-refractivity contribution < 1.29 is 4.79 Å². The second-order valence-corrected chi connectivity index (χ2v) is 8.08. The lowest BCUT2D eigenvalue weighted by atomic mass is 10.1. The Labute approximate surface area is 183 Å². The summed E-state index contributed by atoms with van der Waals surface area (Å²) >= 11 is 3.47. The van der Waals surface area contributed by atoms with Crippen molar-refractivity contribution >= 4 is 27.5 Å². The van der Waals surface area contributed by atoms with Crippen molar-refractivity contribution in [1.82, 2.24) is 14.8 Å². The van der Waals surface area contributed by atoms with E-state index in [1.165, 1.54) is 0 Å². The minimum atomic E-state index is -0.341. The topological polar surface area (TPSA) is 59.8 Å². The number of rotatable bonds is 4. The van der Waals surface area contributed by atoms with Crippen molar-refractivity contribution in [2.24, 2.45) is 0 Å². The van der Waals surface area contributed by atoms with E-state index in [4.69, 9.17) is 0 Å². The Balaban J connectivity index is 1.81. The molecule has 0 aliphatic rings. The Morgan fingerprint density at radius 1 is 0.900 bits per heavy atom. The Morgan fingerprint density at radius 3 is 2.33 bits per heavy atom. The highest BCUT2D eigenvalue weighted by molar-refractivity contribution is 9.10. The standard InChI is InChI=1S/C24H21BrN4O/c1-15-8-6-10-21(17(15)3)29-23(18-11-13-19(25)14-12-18)27-22(28-29)24(30)26-20-9-5-4-7-16(20)2/h4-14H,1-3H3,(H,26,30). The van der Waals surface area contributed by atoms with Crippen LogP contribution in [0, 0.1) is 20.8 Å². The van der Waals surface area contributed by atoms with E-state index in [0.29, 0.717) is 5.82 Å². The predicted octanol–water partition coefficient (Wildman–Crippen LogP) is 5.87. The van der Waals surface area contributed by atoms with E-state index in [-0.39, 0.29) is 11.7 Å². The highest BCUT2D eigenvalue weighted by atomic mass is 79.9. The first-order chi connectivity index (χ1) is 14.4. The molecule has 0 bridgehead atoms. The fourth-order valence-electron chi connectivity index (χ4n) is 3.22. The third-order valence-electron chi connectivity index (χ3n) is 5.11. The summed E-state index contributed by atoms with van der Waals surface area (Å²) < 4.78 is 2.72. The van der Waals surface area contributed by atoms with Gasteiger partial charge in [0.15, 0.2) is 5.82 Å². The number of nitrogens with zero attached hydrogens (tertiary/aromatic N) is 3. The number of hydrogen-bond acceptors (Lipinski definition) is 3. The third kappa shape index (κ3) is 3.91. The van der Waals surface area contributed by atoms with Crippen molar-refractivity contribution in [3.05, 3.63) is 93.7 Å². The van der Waals surface area contributed by atoms with Gasteiger partial charge in [-0.2, -0.15) is 0 Å². The SMILES string of the molecule is Cc1ccccc1NC(=O)c1nc(-c2ccc(Br)cc2)n(-c2cccc(C)c2C)n1. The van der Waals surface area contributed by atoms with Crippen LogP contribution in [0.5, 0.6) is 0 Å². The second kappa shape index (κ2) is 8.24. The van der Waals surface area contributed by atoms with Gasteiger partial charge in [0.05, 0.1) is 5.69 Å². The number of aryl methyl sites for hydroxylation is 2. The van der Waals surface area contributed by atoms with Crippen LogP contribution in [0.4, 0.5) is 5.69 Å². The van der Waals surface area contributed by atoms with Gasteiger partial charge in [0, 0.05) is 15.7 Å². The lowest BCUT2D eigenvalue weighted by molar-refractivity contribution is 0.101. The van der Waals surface area contributed by atoms with Crippen molar-refractivity contribution in [3.63, 3.8) is 0 Å². The molecule has 6 heteroatoms. The number of nitrogens with one attached hydrogen (secondary N) is 1. The van der Waals surface area contributed by atoms with Gasteiger partial charge in [-0.1, -0.05) is 58.4 Å². The first-order valence-electron chi connectivity index (χ1n) is 9.60. The van der Waals surface area contributed by atoms with Gasteiger partial charge in [-0.05, 0) is 61.7 Å². The van der Waals surface area contributed by atoms with Crippen molar-refractivity contribution in [3.8, 4) is 17.1 Å². The van der Waals surface area contributed by atoms with Gasteiger partial charge in [0.1, 0.15) is 0 Å². The predicted molar refractivity (Wildman–Crippen MR) is 123 cm³/mol. The lowest BCUT2D eigenvalue weighted by Gasteiger charge is -2.11. The van der Waals surface area contributed by atoms with Gasteiger partial charge in [-0.3, -0.25) is 4.79 Å². The van der Waals surface area contributed by atoms with E-state index in [1.807, 2.05) is 74.5 Å². The maximum absolute atomic E-state index is 12.9. The molecule has 0 aliphatic heterocycles. The summed E-state index contributed by atoms with van der Waals surface area (Å²) in [6.07, 6.45) is 0. The minimum absolute atomic E-state index is 0.122. The number of amides is 1. The van der Waals surface area contributed by atoms with Crippen molar-refractivity contribution in [2.45, 2.75) is 20.8 Å². The number of anilines is 1. The van der Waals surface area contributed by atoms with Crippen molar-refractivity contribution in [2.75, 3.05) is 5.32 Å². The molecule has 0 fully saturated rings. The smallest absolute Gasteiger partial charge is 0.295 e. The molecule has 150 valence electrons. The molecular formula is C24H21BrN4O. The third-order valence-corrected chi connectivity index (χ3v) is 5.64. The highest BCUT2D eigenvalue weighted by Crippen LogP contribution is 2.26. The van der Waals surface area contributed by atoms with Crippen LogP contribution in [0.15, 0.2) is 71.2 Å². The van der Waals surface area contributed by atoms with E-state index >= 15 is 0 Å². The number of carbonyl (C=O) groups excluding carboxylic acids is 1. The molecule has 1 heterocycles. The molecule has 0 radical (unpaired) electrons. The van der Waals surface area contributed by atoms with Gasteiger partial charge in [-0.25, -0.2) is 9.67 Å². The van der Waals surface area contributed by atoms with Gasteiger partial charge < -0.3 is 5.32 Å². The van der Waals surface area contributed by atoms with Crippen LogP contribution >= 0.6 is 15.9 Å². The van der Waals surface area contributed by atoms with Gasteiger partial charge in [0.25, 0.3) is 5.91 Å². The molecule has 4 aromatic rings. The lowest BCUT2D eigenvalue weighted by Crippen LogP contribution is -2.15. The first-order valence-corrected chi connectivity index (χ1v) is 10.4. The fraction of sp³-hybridized carbons (Fsp3) is 0.125. The molecule has 1 N–H and O–H groups in total. The fourth-order valence-corrected chi connectivity index (χ4v) is 3.48. The molecule has 3 aromatic carbocycles. The Morgan fingerprint density at radius 2 is 1.60 bits per heavy atom. The van der Waals surface area contributed by atoms with E-state index in [0.717, 1.165) is 38.1 Å². The van der Waals surface area contributed by atoms with E-state index in [2.05, 4.69) is 44.3 Å². The van der Waals surface area contributed by atoms with E-state index < -0.39 is 0 Å². The molecule has 30 heavy (non-hydrogen) atoms. The summed E-state index contributed by atoms with van der Waals surface area (Å²) in [7, 11) is 0. The summed E-state index contributed by atoms with van der Waals surface area (Å²) in [5, 5.41) is 7.51. The minimum Gasteiger partial charge on any atom is -0.319 e. The molecule has 5 nitrogen and oxygen atoms in total. The van der Waals surface area contributed by atoms with Crippen LogP contribution in [-0.4, -0.2) is 20.7 Å². The van der Waals surface area contributed by atoms with E-state index in [9.17, 15) is 4.79 Å². The average molecular weight is 461 g/mol. The largest absolute Gasteiger partial charge is 0.319 e. The number of para-hydroxylation sites is 1. The normalized spacial score (nSPS) is 10.8. The molecule has 0 saturated heterocycles. The number of aromatic nitrogens is 3. The zero-order chi connectivity index (χ0) is 21.3. The molecular weight excluding hydrogens is 440 g/mol. The van der Waals surface area contributed by atoms with E-state index in [1.54, 1.807) is 4.68 Å². The number of carbonyl (C=O) groups is 1. The molecule has 0 atom stereocenters. The summed E-state index contributed by atoms with van der Waals surface area (Å²) in [6, 6.07) is 21.5. The molecule has 0 aliphatic carbocycles. The Hall–Kier alpha value is -3.25. The van der Waals surface area contributed by atoms with Crippen molar-refractivity contribution in [1.29, 1.82) is 0 Å². The maximum atomic E-state index is 12.9. The molecule has 1 aromatic heterocycles. The zero-order valence-corrected chi connectivity index (χ0v) is 18.6. The van der Waals surface area contributed by atoms with Crippen LogP contribution in [0.3, 0.4) is 0 Å². The number of hydrogen-bond donors (Lipinski definition) is 1. The maximum Gasteiger partial charge on any atom is 0.295 e. The molecule has 0 saturated carbocycles. The van der Waals surface area contributed by atoms with Gasteiger partial charge in [0.2, 0.25) is 5.82 Å². The van der Waals surface area contributed by atoms with Crippen LogP contribution in [0.1, 0.15) is 27.3 Å². The average Bonchev–Trinajstić information content (AvgIpc) is 3.17. The number of halogens is 1. The summed E-state index contributed by atoms with van der Waals surface area (Å²) in [5.41, 5.74) is 5.74. The zero-order valence-electron chi connectivity index (χ0n) is 17.0. The highest BCUT2D eigenvalue weighted by Gasteiger charge is 2.20. The summed E-state index contributed by atoms with van der Waals surface area (Å²) in [5.74, 6) is 0.398. The van der Waals surface area contributed by atoms with Gasteiger partial charge in [-0.15, -0.1) is 5.10 Å². The Bertz CT molecular complexity index is 1230. The van der Waals surface area contributed by atoms with Crippen LogP contribution in [-0.2, 0) is 0 Å². The van der Waals surface area contributed by atoms with Crippen LogP contribution in [0.25, 0.3) is 17.1 Å². The Kier molecular flexibility index (Phi) is 5.50. The van der Waals surface area contributed by atoms with Crippen LogP contribution in [0.2, 0.25) is 0 Å². The van der Waals surface area contributed by atoms with Crippen LogP contribution < -0.4 is 5.32 Å². The monoisotopic (exact) mass is 460 g/mol. The molecule has 4 rings (SSSR count). The van der Waals surface area contributed by atoms with Gasteiger partial charge >= 0.3 is 0 Å². The molecule has 1 amide bonds. The molecule has 0 unspecified atom stereocenters. The number of benzene rings is 3. The first kappa shape index (κ1) is 20.0. The second-order valence-electron chi connectivity index (χ2n) is 7.17. The summed E-state index contributed by atoms with van der Waals surface area (Å²) in [6.45, 7) is 6.05. The summed E-state index contributed by atoms with van der Waals surface area (Å²) in [4.78, 5) is 17.6.